The molecule has 6 nitrogen and oxygen atoms in total. The Kier molecular flexibility index (Phi) is 7.64. The number of likely N-dealkylation sites (tertiary alicyclic amines) is 1. The number of carbonyl (C=O) groups is 2. The Balaban J connectivity index is 1.65. The summed E-state index contributed by atoms with van der Waals surface area (Å²) in [5.41, 5.74) is 1.85. The number of ether oxygens (including phenoxy) is 1. The third-order valence-electron chi connectivity index (χ3n) is 5.17. The van der Waals surface area contributed by atoms with Crippen molar-refractivity contribution in [2.75, 3.05) is 19.7 Å². The monoisotopic (exact) mass is 396 g/mol. The molecular formula is C23H28N2O4. The third kappa shape index (κ3) is 6.32. The van der Waals surface area contributed by atoms with Gasteiger partial charge in [0, 0.05) is 26.1 Å². The molecule has 2 atom stereocenters. The van der Waals surface area contributed by atoms with Crippen molar-refractivity contribution >= 4 is 12.0 Å². The van der Waals surface area contributed by atoms with Gasteiger partial charge in [0.2, 0.25) is 5.91 Å². The van der Waals surface area contributed by atoms with Crippen molar-refractivity contribution in [1.82, 2.24) is 10.2 Å². The number of aliphatic hydroxyl groups excluding tert-OH is 1. The van der Waals surface area contributed by atoms with Gasteiger partial charge in [0.05, 0.1) is 0 Å². The summed E-state index contributed by atoms with van der Waals surface area (Å²) in [6.07, 6.45) is 1.54. The van der Waals surface area contributed by atoms with Crippen LogP contribution in [0.4, 0.5) is 4.79 Å². The van der Waals surface area contributed by atoms with Gasteiger partial charge < -0.3 is 20.1 Å². The van der Waals surface area contributed by atoms with Crippen molar-refractivity contribution in [3.8, 4) is 0 Å². The molecule has 1 saturated heterocycles. The van der Waals surface area contributed by atoms with Gasteiger partial charge >= 0.3 is 6.09 Å². The highest BCUT2D eigenvalue weighted by Gasteiger charge is 2.30. The quantitative estimate of drug-likeness (QED) is 0.754. The second kappa shape index (κ2) is 10.6. The summed E-state index contributed by atoms with van der Waals surface area (Å²) in [5.74, 6) is -0.0428. The normalized spacial score (nSPS) is 17.4. The topological polar surface area (TPSA) is 78.9 Å². The van der Waals surface area contributed by atoms with Gasteiger partial charge in [0.1, 0.15) is 12.6 Å². The van der Waals surface area contributed by atoms with Gasteiger partial charge in [-0.2, -0.15) is 0 Å². The standard InChI is InChI=1S/C23H28N2O4/c26-16-20-12-7-13-25(15-20)22(27)21(14-18-8-3-1-4-9-18)24-23(28)29-17-19-10-5-2-6-11-19/h1-6,8-11,20-21,26H,7,12-17H2,(H,24,28)/t20?,21-/m0/s1. The van der Waals surface area contributed by atoms with Crippen LogP contribution < -0.4 is 5.32 Å². The van der Waals surface area contributed by atoms with E-state index in [1.54, 1.807) is 4.90 Å². The maximum Gasteiger partial charge on any atom is 0.408 e. The zero-order valence-electron chi connectivity index (χ0n) is 16.5. The summed E-state index contributed by atoms with van der Waals surface area (Å²) in [6, 6.07) is 18.3. The van der Waals surface area contributed by atoms with Gasteiger partial charge in [-0.15, -0.1) is 0 Å². The average Bonchev–Trinajstić information content (AvgIpc) is 2.78. The highest BCUT2D eigenvalue weighted by atomic mass is 16.5. The number of aliphatic hydroxyl groups is 1. The predicted octanol–water partition coefficient (Wildman–Crippen LogP) is 2.76. The van der Waals surface area contributed by atoms with Crippen LogP contribution in [0.1, 0.15) is 24.0 Å². The molecule has 1 aliphatic heterocycles. The minimum Gasteiger partial charge on any atom is -0.445 e. The number of hydrogen-bond acceptors (Lipinski definition) is 4. The first-order chi connectivity index (χ1) is 14.2. The number of nitrogens with one attached hydrogen (secondary N) is 1. The fourth-order valence-corrected chi connectivity index (χ4v) is 3.59. The van der Waals surface area contributed by atoms with Crippen LogP contribution in [0.2, 0.25) is 0 Å². The zero-order chi connectivity index (χ0) is 20.5. The fraction of sp³-hybridized carbons (Fsp3) is 0.391. The van der Waals surface area contributed by atoms with E-state index in [9.17, 15) is 14.7 Å². The zero-order valence-corrected chi connectivity index (χ0v) is 16.5. The SMILES string of the molecule is O=C(N[C@@H](Cc1ccccc1)C(=O)N1CCCC(CO)C1)OCc1ccccc1. The first kappa shape index (κ1) is 20.9. The molecule has 2 N–H and O–H groups in total. The van der Waals surface area contributed by atoms with Crippen molar-refractivity contribution in [3.63, 3.8) is 0 Å². The second-order valence-electron chi connectivity index (χ2n) is 7.42. The van der Waals surface area contributed by atoms with E-state index in [0.29, 0.717) is 19.5 Å². The molecule has 0 aromatic heterocycles. The molecule has 1 unspecified atom stereocenters. The van der Waals surface area contributed by atoms with Crippen LogP contribution in [0.5, 0.6) is 0 Å². The molecule has 0 saturated carbocycles. The summed E-state index contributed by atoms with van der Waals surface area (Å²) in [7, 11) is 0. The van der Waals surface area contributed by atoms with Crippen LogP contribution in [-0.2, 0) is 22.6 Å². The molecule has 2 aromatic rings. The van der Waals surface area contributed by atoms with Crippen molar-refractivity contribution in [1.29, 1.82) is 0 Å². The Morgan fingerprint density at radius 2 is 1.72 bits per heavy atom. The molecule has 29 heavy (non-hydrogen) atoms. The summed E-state index contributed by atoms with van der Waals surface area (Å²) >= 11 is 0. The maximum atomic E-state index is 13.1. The van der Waals surface area contributed by atoms with Crippen LogP contribution in [-0.4, -0.2) is 47.7 Å². The Bertz CT molecular complexity index is 782. The molecular weight excluding hydrogens is 368 g/mol. The first-order valence-corrected chi connectivity index (χ1v) is 10.1. The van der Waals surface area contributed by atoms with Gasteiger partial charge in [-0.25, -0.2) is 4.79 Å². The molecule has 0 aliphatic carbocycles. The van der Waals surface area contributed by atoms with Crippen LogP contribution in [0.25, 0.3) is 0 Å². The minimum atomic E-state index is -0.710. The molecule has 3 rings (SSSR count). The summed E-state index contributed by atoms with van der Waals surface area (Å²) in [4.78, 5) is 27.3. The van der Waals surface area contributed by atoms with Crippen LogP contribution in [0.15, 0.2) is 60.7 Å². The largest absolute Gasteiger partial charge is 0.445 e. The number of hydrogen-bond donors (Lipinski definition) is 2. The van der Waals surface area contributed by atoms with E-state index in [-0.39, 0.29) is 25.0 Å². The average molecular weight is 396 g/mol. The predicted molar refractivity (Wildman–Crippen MR) is 110 cm³/mol. The second-order valence-corrected chi connectivity index (χ2v) is 7.42. The lowest BCUT2D eigenvalue weighted by Gasteiger charge is -2.34. The van der Waals surface area contributed by atoms with E-state index in [1.807, 2.05) is 60.7 Å². The van der Waals surface area contributed by atoms with E-state index >= 15 is 0 Å². The van der Waals surface area contributed by atoms with E-state index in [4.69, 9.17) is 4.74 Å². The number of rotatable bonds is 7. The van der Waals surface area contributed by atoms with Crippen molar-refractivity contribution in [2.45, 2.75) is 31.9 Å². The lowest BCUT2D eigenvalue weighted by molar-refractivity contribution is -0.135. The van der Waals surface area contributed by atoms with Crippen LogP contribution >= 0.6 is 0 Å². The highest BCUT2D eigenvalue weighted by Crippen LogP contribution is 2.17. The number of carbonyl (C=O) groups excluding carboxylic acids is 2. The van der Waals surface area contributed by atoms with E-state index in [1.165, 1.54) is 0 Å². The molecule has 2 amide bonds. The summed E-state index contributed by atoms with van der Waals surface area (Å²) in [5, 5.41) is 12.2. The number of alkyl carbamates (subject to hydrolysis) is 1. The summed E-state index contributed by atoms with van der Waals surface area (Å²) < 4.78 is 5.32. The van der Waals surface area contributed by atoms with Gasteiger partial charge in [-0.1, -0.05) is 60.7 Å². The molecule has 6 heteroatoms. The smallest absolute Gasteiger partial charge is 0.408 e. The maximum absolute atomic E-state index is 13.1. The third-order valence-corrected chi connectivity index (χ3v) is 5.17. The Hall–Kier alpha value is -2.86. The number of benzene rings is 2. The number of amides is 2. The molecule has 1 aliphatic rings. The van der Waals surface area contributed by atoms with Crippen LogP contribution in [0.3, 0.4) is 0 Å². The van der Waals surface area contributed by atoms with Gasteiger partial charge in [-0.3, -0.25) is 4.79 Å². The molecule has 0 spiro atoms. The van der Waals surface area contributed by atoms with Gasteiger partial charge in [0.25, 0.3) is 0 Å². The van der Waals surface area contributed by atoms with E-state index in [0.717, 1.165) is 24.0 Å². The van der Waals surface area contributed by atoms with Gasteiger partial charge in [0.15, 0.2) is 0 Å². The number of piperidine rings is 1. The Morgan fingerprint density at radius 1 is 1.07 bits per heavy atom. The van der Waals surface area contributed by atoms with Crippen molar-refractivity contribution in [3.05, 3.63) is 71.8 Å². The lowest BCUT2D eigenvalue weighted by atomic mass is 9.97. The molecule has 1 heterocycles. The van der Waals surface area contributed by atoms with Crippen LogP contribution in [0, 0.1) is 5.92 Å². The highest BCUT2D eigenvalue weighted by molar-refractivity contribution is 5.86. The van der Waals surface area contributed by atoms with Crippen molar-refractivity contribution < 1.29 is 19.4 Å². The molecule has 154 valence electrons. The molecule has 1 fully saturated rings. The van der Waals surface area contributed by atoms with E-state index in [2.05, 4.69) is 5.32 Å². The molecule has 0 radical (unpaired) electrons. The minimum absolute atomic E-state index is 0.0691. The Morgan fingerprint density at radius 3 is 2.38 bits per heavy atom. The van der Waals surface area contributed by atoms with Crippen molar-refractivity contribution in [2.24, 2.45) is 5.92 Å². The molecule has 2 aromatic carbocycles. The van der Waals surface area contributed by atoms with Gasteiger partial charge in [-0.05, 0) is 29.9 Å². The fourth-order valence-electron chi connectivity index (χ4n) is 3.59. The first-order valence-electron chi connectivity index (χ1n) is 10.1. The lowest BCUT2D eigenvalue weighted by Crippen LogP contribution is -2.52. The molecule has 0 bridgehead atoms. The van der Waals surface area contributed by atoms with E-state index < -0.39 is 12.1 Å². The number of nitrogens with zero attached hydrogens (tertiary/aromatic N) is 1. The Labute approximate surface area is 171 Å². The summed E-state index contributed by atoms with van der Waals surface area (Å²) in [6.45, 7) is 1.37.